The third-order valence-electron chi connectivity index (χ3n) is 3.69. The van der Waals surface area contributed by atoms with E-state index in [4.69, 9.17) is 5.84 Å². The van der Waals surface area contributed by atoms with Gasteiger partial charge in [0.15, 0.2) is 0 Å². The summed E-state index contributed by atoms with van der Waals surface area (Å²) < 4.78 is 0. The van der Waals surface area contributed by atoms with Gasteiger partial charge in [-0.1, -0.05) is 42.5 Å². The van der Waals surface area contributed by atoms with E-state index in [0.29, 0.717) is 25.0 Å². The molecule has 26 heavy (non-hydrogen) atoms. The summed E-state index contributed by atoms with van der Waals surface area (Å²) in [7, 11) is 0. The molecule has 3 aromatic rings. The van der Waals surface area contributed by atoms with Gasteiger partial charge in [0.2, 0.25) is 17.8 Å². The van der Waals surface area contributed by atoms with Crippen LogP contribution in [0.15, 0.2) is 54.6 Å². The fourth-order valence-electron chi connectivity index (χ4n) is 2.36. The zero-order valence-corrected chi connectivity index (χ0v) is 14.2. The first-order chi connectivity index (χ1) is 12.7. The molecule has 1 aromatic heterocycles. The summed E-state index contributed by atoms with van der Waals surface area (Å²) in [5.74, 6) is 6.85. The van der Waals surface area contributed by atoms with Crippen LogP contribution in [-0.4, -0.2) is 26.6 Å². The maximum absolute atomic E-state index is 9.31. The lowest BCUT2D eigenvalue weighted by Crippen LogP contribution is -2.16. The summed E-state index contributed by atoms with van der Waals surface area (Å²) in [6.45, 7) is 1.23. The molecule has 0 aliphatic heterocycles. The summed E-state index contributed by atoms with van der Waals surface area (Å²) >= 11 is 0. The summed E-state index contributed by atoms with van der Waals surface area (Å²) in [6.07, 6.45) is 0.768. The lowest BCUT2D eigenvalue weighted by molar-refractivity contribution is 0.475. The zero-order chi connectivity index (χ0) is 18.2. The molecule has 0 aliphatic rings. The molecule has 0 spiro atoms. The summed E-state index contributed by atoms with van der Waals surface area (Å²) in [5.41, 5.74) is 4.67. The van der Waals surface area contributed by atoms with Crippen molar-refractivity contribution < 1.29 is 5.11 Å². The molecule has 0 atom stereocenters. The van der Waals surface area contributed by atoms with Gasteiger partial charge in [0.1, 0.15) is 5.75 Å². The molecule has 0 fully saturated rings. The molecule has 8 heteroatoms. The van der Waals surface area contributed by atoms with Gasteiger partial charge in [-0.2, -0.15) is 15.0 Å². The van der Waals surface area contributed by atoms with Crippen LogP contribution in [-0.2, 0) is 13.0 Å². The van der Waals surface area contributed by atoms with Crippen molar-refractivity contribution in [3.63, 3.8) is 0 Å². The molecule has 8 nitrogen and oxygen atoms in total. The number of aromatic nitrogens is 3. The minimum Gasteiger partial charge on any atom is -0.508 e. The molecule has 1 heterocycles. The fourth-order valence-corrected chi connectivity index (χ4v) is 2.36. The number of nitrogens with two attached hydrogens (primary N) is 1. The monoisotopic (exact) mass is 351 g/mol. The van der Waals surface area contributed by atoms with Crippen LogP contribution in [0.4, 0.5) is 17.8 Å². The van der Waals surface area contributed by atoms with E-state index in [2.05, 4.69) is 31.0 Å². The van der Waals surface area contributed by atoms with Gasteiger partial charge in [-0.3, -0.25) is 5.43 Å². The Labute approximate surface area is 151 Å². The van der Waals surface area contributed by atoms with Crippen LogP contribution < -0.4 is 21.9 Å². The maximum Gasteiger partial charge on any atom is 0.243 e. The molecule has 0 unspecified atom stereocenters. The van der Waals surface area contributed by atoms with Gasteiger partial charge in [-0.05, 0) is 29.7 Å². The first kappa shape index (κ1) is 17.4. The molecule has 0 saturated heterocycles. The Morgan fingerprint density at radius 2 is 1.42 bits per heavy atom. The van der Waals surface area contributed by atoms with Gasteiger partial charge >= 0.3 is 0 Å². The molecular weight excluding hydrogens is 330 g/mol. The molecule has 0 saturated carbocycles. The Morgan fingerprint density at radius 1 is 0.769 bits per heavy atom. The number of nitrogen functional groups attached to an aromatic ring is 1. The number of aromatic hydroxyl groups is 1. The van der Waals surface area contributed by atoms with E-state index in [-0.39, 0.29) is 11.7 Å². The van der Waals surface area contributed by atoms with Crippen molar-refractivity contribution >= 4 is 17.8 Å². The number of nitrogens with zero attached hydrogens (tertiary/aromatic N) is 3. The second kappa shape index (κ2) is 8.63. The molecule has 6 N–H and O–H groups in total. The Balaban J connectivity index is 1.60. The SMILES string of the molecule is NNc1nc(NCCc2ccc(O)cc2)nc(NCc2ccccc2)n1. The van der Waals surface area contributed by atoms with Crippen LogP contribution >= 0.6 is 0 Å². The molecule has 0 amide bonds. The van der Waals surface area contributed by atoms with Crippen LogP contribution in [0.25, 0.3) is 0 Å². The minimum absolute atomic E-state index is 0.256. The van der Waals surface area contributed by atoms with E-state index in [9.17, 15) is 5.11 Å². The van der Waals surface area contributed by atoms with Crippen molar-refractivity contribution in [1.29, 1.82) is 0 Å². The largest absolute Gasteiger partial charge is 0.508 e. The van der Waals surface area contributed by atoms with E-state index in [1.165, 1.54) is 0 Å². The number of hydrogen-bond donors (Lipinski definition) is 5. The Bertz CT molecular complexity index is 825. The van der Waals surface area contributed by atoms with Crippen molar-refractivity contribution in [3.05, 3.63) is 65.7 Å². The molecule has 0 radical (unpaired) electrons. The van der Waals surface area contributed by atoms with E-state index < -0.39 is 0 Å². The number of nitrogens with one attached hydrogen (secondary N) is 3. The highest BCUT2D eigenvalue weighted by Gasteiger charge is 2.06. The lowest BCUT2D eigenvalue weighted by atomic mass is 10.1. The van der Waals surface area contributed by atoms with Gasteiger partial charge in [-0.15, -0.1) is 0 Å². The van der Waals surface area contributed by atoms with Crippen molar-refractivity contribution in [2.45, 2.75) is 13.0 Å². The van der Waals surface area contributed by atoms with E-state index in [0.717, 1.165) is 17.5 Å². The molecular formula is C18H21N7O. The van der Waals surface area contributed by atoms with Crippen molar-refractivity contribution in [2.24, 2.45) is 5.84 Å². The number of hydrazine groups is 1. The summed E-state index contributed by atoms with van der Waals surface area (Å²) in [4.78, 5) is 12.8. The maximum atomic E-state index is 9.31. The molecule has 0 bridgehead atoms. The van der Waals surface area contributed by atoms with Crippen LogP contribution in [0.2, 0.25) is 0 Å². The Kier molecular flexibility index (Phi) is 5.79. The third-order valence-corrected chi connectivity index (χ3v) is 3.69. The van der Waals surface area contributed by atoms with Gasteiger partial charge in [0, 0.05) is 13.1 Å². The number of benzene rings is 2. The number of rotatable bonds is 8. The number of phenolic OH excluding ortho intramolecular Hbond substituents is 1. The van der Waals surface area contributed by atoms with Crippen molar-refractivity contribution in [3.8, 4) is 5.75 Å². The van der Waals surface area contributed by atoms with E-state index in [1.54, 1.807) is 12.1 Å². The highest BCUT2D eigenvalue weighted by Crippen LogP contribution is 2.12. The lowest BCUT2D eigenvalue weighted by Gasteiger charge is -2.10. The zero-order valence-electron chi connectivity index (χ0n) is 14.2. The normalized spacial score (nSPS) is 10.3. The van der Waals surface area contributed by atoms with Gasteiger partial charge in [0.25, 0.3) is 0 Å². The smallest absolute Gasteiger partial charge is 0.243 e. The van der Waals surface area contributed by atoms with Crippen LogP contribution in [0.5, 0.6) is 5.75 Å². The first-order valence-electron chi connectivity index (χ1n) is 8.25. The standard InChI is InChI=1S/C18H21N7O/c19-25-18-23-16(20-11-10-13-6-8-15(26)9-7-13)22-17(24-18)21-12-14-4-2-1-3-5-14/h1-9,26H,10-12,19H2,(H3,20,21,22,23,24,25). The average Bonchev–Trinajstić information content (AvgIpc) is 2.68. The summed E-state index contributed by atoms with van der Waals surface area (Å²) in [6, 6.07) is 17.1. The average molecular weight is 351 g/mol. The predicted molar refractivity (Wildman–Crippen MR) is 102 cm³/mol. The van der Waals surface area contributed by atoms with Gasteiger partial charge in [-0.25, -0.2) is 5.84 Å². The van der Waals surface area contributed by atoms with Crippen LogP contribution in [0.1, 0.15) is 11.1 Å². The quantitative estimate of drug-likeness (QED) is 0.309. The van der Waals surface area contributed by atoms with Crippen LogP contribution in [0.3, 0.4) is 0 Å². The van der Waals surface area contributed by atoms with Gasteiger partial charge in [0.05, 0.1) is 0 Å². The second-order valence-electron chi connectivity index (χ2n) is 5.63. The molecule has 3 rings (SSSR count). The predicted octanol–water partition coefficient (Wildman–Crippen LogP) is 2.13. The van der Waals surface area contributed by atoms with Gasteiger partial charge < -0.3 is 15.7 Å². The number of hydrogen-bond acceptors (Lipinski definition) is 8. The fraction of sp³-hybridized carbons (Fsp3) is 0.167. The second-order valence-corrected chi connectivity index (χ2v) is 5.63. The van der Waals surface area contributed by atoms with Crippen molar-refractivity contribution in [2.75, 3.05) is 22.6 Å². The van der Waals surface area contributed by atoms with Crippen molar-refractivity contribution in [1.82, 2.24) is 15.0 Å². The Morgan fingerprint density at radius 3 is 2.12 bits per heavy atom. The number of phenols is 1. The van der Waals surface area contributed by atoms with Crippen LogP contribution in [0, 0.1) is 0 Å². The van der Waals surface area contributed by atoms with E-state index in [1.807, 2.05) is 42.5 Å². The van der Waals surface area contributed by atoms with E-state index >= 15 is 0 Å². The topological polar surface area (TPSA) is 121 Å². The molecule has 0 aliphatic carbocycles. The number of anilines is 3. The Hall–Kier alpha value is -3.39. The first-order valence-corrected chi connectivity index (χ1v) is 8.25. The highest BCUT2D eigenvalue weighted by molar-refractivity contribution is 5.42. The summed E-state index contributed by atoms with van der Waals surface area (Å²) in [5, 5.41) is 15.6. The molecule has 134 valence electrons. The third kappa shape index (κ3) is 5.05. The molecule has 2 aromatic carbocycles. The highest BCUT2D eigenvalue weighted by atomic mass is 16.3. The minimum atomic E-state index is 0.256.